The lowest BCUT2D eigenvalue weighted by molar-refractivity contribution is 0.103. The molecule has 2 nitrogen and oxygen atoms in total. The minimum atomic E-state index is -0.587. The van der Waals surface area contributed by atoms with Crippen molar-refractivity contribution in [1.82, 2.24) is 0 Å². The Morgan fingerprint density at radius 3 is 2.48 bits per heavy atom. The zero-order valence-corrected chi connectivity index (χ0v) is 12.1. The molecule has 0 aliphatic heterocycles. The van der Waals surface area contributed by atoms with Crippen molar-refractivity contribution in [1.29, 1.82) is 0 Å². The number of rotatable bonds is 4. The second-order valence-corrected chi connectivity index (χ2v) is 5.79. The molecule has 4 heteroatoms. The fourth-order valence-corrected chi connectivity index (χ4v) is 2.71. The third-order valence-corrected chi connectivity index (χ3v) is 4.19. The van der Waals surface area contributed by atoms with Crippen molar-refractivity contribution in [3.05, 3.63) is 70.0 Å². The van der Waals surface area contributed by atoms with Crippen LogP contribution in [-0.4, -0.2) is 5.78 Å². The van der Waals surface area contributed by atoms with Gasteiger partial charge in [0.05, 0.1) is 10.6 Å². The van der Waals surface area contributed by atoms with Crippen molar-refractivity contribution < 1.29 is 9.18 Å². The Morgan fingerprint density at radius 2 is 1.86 bits per heavy atom. The molecule has 1 aliphatic carbocycles. The number of halogens is 2. The van der Waals surface area contributed by atoms with Gasteiger partial charge in [0.25, 0.3) is 0 Å². The summed E-state index contributed by atoms with van der Waals surface area (Å²) in [5, 5.41) is 0.119. The Labute approximate surface area is 127 Å². The van der Waals surface area contributed by atoms with Crippen LogP contribution < -0.4 is 5.73 Å². The number of carbonyl (C=O) groups excluding carboxylic acids is 1. The smallest absolute Gasteiger partial charge is 0.197 e. The first-order chi connectivity index (χ1) is 10.1. The van der Waals surface area contributed by atoms with E-state index in [1.807, 2.05) is 0 Å². The number of hydrogen-bond acceptors (Lipinski definition) is 2. The average Bonchev–Trinajstić information content (AvgIpc) is 3.32. The van der Waals surface area contributed by atoms with Crippen molar-refractivity contribution in [3.63, 3.8) is 0 Å². The number of nitrogens with two attached hydrogens (primary N) is 1. The third-order valence-electron chi connectivity index (χ3n) is 3.87. The molecule has 0 saturated heterocycles. The standard InChI is InChI=1S/C17H15ClFNO/c18-13-9-8-12(16(20)10-6-7-10)15(19)14(13)17(21)11-4-2-1-3-5-11/h1-5,8-10,16H,6-7,20H2. The Balaban J connectivity index is 2.05. The quantitative estimate of drug-likeness (QED) is 0.863. The molecule has 1 unspecified atom stereocenters. The van der Waals surface area contributed by atoms with E-state index in [1.54, 1.807) is 42.5 Å². The molecule has 0 bridgehead atoms. The lowest BCUT2D eigenvalue weighted by Crippen LogP contribution is -2.17. The molecule has 3 rings (SSSR count). The van der Waals surface area contributed by atoms with Crippen molar-refractivity contribution in [2.75, 3.05) is 0 Å². The molecule has 1 aliphatic rings. The van der Waals surface area contributed by atoms with E-state index in [9.17, 15) is 9.18 Å². The zero-order chi connectivity index (χ0) is 15.0. The maximum Gasteiger partial charge on any atom is 0.197 e. The Bertz CT molecular complexity index is 683. The highest BCUT2D eigenvalue weighted by Crippen LogP contribution is 2.41. The van der Waals surface area contributed by atoms with Crippen LogP contribution in [0.15, 0.2) is 42.5 Å². The first kappa shape index (κ1) is 14.2. The van der Waals surface area contributed by atoms with Gasteiger partial charge in [0.1, 0.15) is 5.82 Å². The zero-order valence-electron chi connectivity index (χ0n) is 11.4. The first-order valence-corrected chi connectivity index (χ1v) is 7.30. The Hall–Kier alpha value is -1.71. The summed E-state index contributed by atoms with van der Waals surface area (Å²) in [6.45, 7) is 0. The van der Waals surface area contributed by atoms with Gasteiger partial charge in [0.2, 0.25) is 0 Å². The van der Waals surface area contributed by atoms with Gasteiger partial charge in [0.15, 0.2) is 5.78 Å². The normalized spacial score (nSPS) is 15.8. The van der Waals surface area contributed by atoms with Crippen LogP contribution in [-0.2, 0) is 0 Å². The monoisotopic (exact) mass is 303 g/mol. The van der Waals surface area contributed by atoms with Gasteiger partial charge in [-0.1, -0.05) is 48.0 Å². The fraction of sp³-hybridized carbons (Fsp3) is 0.235. The second kappa shape index (κ2) is 5.58. The fourth-order valence-electron chi connectivity index (χ4n) is 2.48. The summed E-state index contributed by atoms with van der Waals surface area (Å²) < 4.78 is 14.7. The van der Waals surface area contributed by atoms with Gasteiger partial charge < -0.3 is 5.73 Å². The Kier molecular flexibility index (Phi) is 3.79. The van der Waals surface area contributed by atoms with Crippen molar-refractivity contribution in [2.24, 2.45) is 11.7 Å². The van der Waals surface area contributed by atoms with Crippen LogP contribution in [0.1, 0.15) is 40.4 Å². The minimum Gasteiger partial charge on any atom is -0.324 e. The molecule has 2 aromatic carbocycles. The molecule has 1 atom stereocenters. The topological polar surface area (TPSA) is 43.1 Å². The lowest BCUT2D eigenvalue weighted by Gasteiger charge is -2.15. The third kappa shape index (κ3) is 2.71. The predicted molar refractivity (Wildman–Crippen MR) is 80.9 cm³/mol. The number of carbonyl (C=O) groups is 1. The lowest BCUT2D eigenvalue weighted by atomic mass is 9.96. The maximum absolute atomic E-state index is 14.7. The highest BCUT2D eigenvalue weighted by Gasteiger charge is 2.33. The van der Waals surface area contributed by atoms with Crippen LogP contribution in [0, 0.1) is 11.7 Å². The van der Waals surface area contributed by atoms with E-state index < -0.39 is 11.6 Å². The molecule has 0 spiro atoms. The van der Waals surface area contributed by atoms with Gasteiger partial charge in [0, 0.05) is 17.2 Å². The second-order valence-electron chi connectivity index (χ2n) is 5.38. The van der Waals surface area contributed by atoms with Crippen LogP contribution in [0.25, 0.3) is 0 Å². The molecule has 0 aromatic heterocycles. The molecule has 1 saturated carbocycles. The van der Waals surface area contributed by atoms with Crippen LogP contribution in [0.3, 0.4) is 0 Å². The summed E-state index contributed by atoms with van der Waals surface area (Å²) in [5.74, 6) is -0.695. The predicted octanol–water partition coefficient (Wildman–Crippen LogP) is 4.12. The molecular weight excluding hydrogens is 289 g/mol. The first-order valence-electron chi connectivity index (χ1n) is 6.93. The maximum atomic E-state index is 14.7. The average molecular weight is 304 g/mol. The van der Waals surface area contributed by atoms with Gasteiger partial charge in [-0.05, 0) is 24.8 Å². The van der Waals surface area contributed by atoms with Crippen molar-refractivity contribution >= 4 is 17.4 Å². The summed E-state index contributed by atoms with van der Waals surface area (Å²) >= 11 is 6.04. The van der Waals surface area contributed by atoms with E-state index >= 15 is 0 Å². The molecule has 108 valence electrons. The van der Waals surface area contributed by atoms with Crippen LogP contribution in [0.5, 0.6) is 0 Å². The number of ketones is 1. The molecule has 0 radical (unpaired) electrons. The largest absolute Gasteiger partial charge is 0.324 e. The van der Waals surface area contributed by atoms with E-state index in [4.69, 9.17) is 17.3 Å². The van der Waals surface area contributed by atoms with Crippen molar-refractivity contribution in [2.45, 2.75) is 18.9 Å². The van der Waals surface area contributed by atoms with Gasteiger partial charge in [-0.15, -0.1) is 0 Å². The molecular formula is C17H15ClFNO. The van der Waals surface area contributed by atoms with E-state index in [0.29, 0.717) is 17.0 Å². The van der Waals surface area contributed by atoms with Crippen LogP contribution >= 0.6 is 11.6 Å². The highest BCUT2D eigenvalue weighted by atomic mass is 35.5. The van der Waals surface area contributed by atoms with Crippen LogP contribution in [0.4, 0.5) is 4.39 Å². The summed E-state index contributed by atoms with van der Waals surface area (Å²) in [7, 11) is 0. The number of hydrogen-bond donors (Lipinski definition) is 1. The molecule has 2 N–H and O–H groups in total. The summed E-state index contributed by atoms with van der Waals surface area (Å²) in [4.78, 5) is 12.5. The molecule has 0 heterocycles. The molecule has 1 fully saturated rings. The van der Waals surface area contributed by atoms with E-state index in [-0.39, 0.29) is 16.6 Å². The van der Waals surface area contributed by atoms with E-state index in [0.717, 1.165) is 12.8 Å². The SMILES string of the molecule is NC(c1ccc(Cl)c(C(=O)c2ccccc2)c1F)C1CC1. The van der Waals surface area contributed by atoms with Crippen LogP contribution in [0.2, 0.25) is 5.02 Å². The van der Waals surface area contributed by atoms with Gasteiger partial charge in [-0.3, -0.25) is 4.79 Å². The minimum absolute atomic E-state index is 0.0866. The highest BCUT2D eigenvalue weighted by molar-refractivity contribution is 6.35. The molecule has 21 heavy (non-hydrogen) atoms. The Morgan fingerprint density at radius 1 is 1.19 bits per heavy atom. The molecule has 0 amide bonds. The van der Waals surface area contributed by atoms with Crippen molar-refractivity contribution in [3.8, 4) is 0 Å². The summed E-state index contributed by atoms with van der Waals surface area (Å²) in [6, 6.07) is 11.3. The molecule has 2 aromatic rings. The van der Waals surface area contributed by atoms with Gasteiger partial charge in [-0.25, -0.2) is 4.39 Å². The number of benzene rings is 2. The van der Waals surface area contributed by atoms with E-state index in [1.165, 1.54) is 0 Å². The summed E-state index contributed by atoms with van der Waals surface area (Å²) in [5.41, 5.74) is 6.77. The van der Waals surface area contributed by atoms with Gasteiger partial charge >= 0.3 is 0 Å². The van der Waals surface area contributed by atoms with Gasteiger partial charge in [-0.2, -0.15) is 0 Å². The van der Waals surface area contributed by atoms with E-state index in [2.05, 4.69) is 0 Å². The summed E-state index contributed by atoms with van der Waals surface area (Å²) in [6.07, 6.45) is 2.01.